The minimum absolute atomic E-state index is 0.748. The molecule has 1 aromatic rings. The van der Waals surface area contributed by atoms with Crippen LogP contribution in [0.2, 0.25) is 0 Å². The summed E-state index contributed by atoms with van der Waals surface area (Å²) >= 11 is 0. The second-order valence-corrected chi connectivity index (χ2v) is 5.91. The smallest absolute Gasteiger partial charge is 0.0108 e. The Morgan fingerprint density at radius 1 is 1.22 bits per heavy atom. The molecule has 2 heterocycles. The van der Waals surface area contributed by atoms with Crippen LogP contribution < -0.4 is 5.32 Å². The van der Waals surface area contributed by atoms with E-state index in [1.807, 2.05) is 0 Å². The first-order chi connectivity index (χ1) is 8.84. The summed E-state index contributed by atoms with van der Waals surface area (Å²) in [5.74, 6) is 1.63. The van der Waals surface area contributed by atoms with Crippen LogP contribution in [-0.2, 0) is 0 Å². The molecule has 0 radical (unpaired) electrons. The largest absolute Gasteiger partial charge is 0.316 e. The summed E-state index contributed by atoms with van der Waals surface area (Å²) in [6.45, 7) is 7.35. The lowest BCUT2D eigenvalue weighted by Gasteiger charge is -2.47. The predicted octanol–water partition coefficient (Wildman–Crippen LogP) is 2.47. The van der Waals surface area contributed by atoms with Crippen LogP contribution in [0.15, 0.2) is 30.3 Å². The molecular formula is C16H24N2. The second-order valence-electron chi connectivity index (χ2n) is 5.91. The number of nitrogens with one attached hydrogen (secondary N) is 1. The molecule has 3 rings (SSSR count). The zero-order chi connectivity index (χ0) is 12.4. The van der Waals surface area contributed by atoms with Crippen molar-refractivity contribution in [3.63, 3.8) is 0 Å². The van der Waals surface area contributed by atoms with Crippen molar-refractivity contribution in [1.29, 1.82) is 0 Å². The number of piperidine rings is 1. The summed E-state index contributed by atoms with van der Waals surface area (Å²) in [5, 5.41) is 3.54. The van der Waals surface area contributed by atoms with Gasteiger partial charge in [-0.05, 0) is 44.3 Å². The van der Waals surface area contributed by atoms with Gasteiger partial charge in [0.15, 0.2) is 0 Å². The number of rotatable bonds is 3. The molecular weight excluding hydrogens is 220 g/mol. The maximum absolute atomic E-state index is 3.54. The van der Waals surface area contributed by atoms with E-state index in [9.17, 15) is 0 Å². The molecule has 0 spiro atoms. The average molecular weight is 244 g/mol. The van der Waals surface area contributed by atoms with Gasteiger partial charge in [-0.2, -0.15) is 0 Å². The van der Waals surface area contributed by atoms with Gasteiger partial charge in [0.25, 0.3) is 0 Å². The molecule has 2 nitrogen and oxygen atoms in total. The molecule has 2 heteroatoms. The van der Waals surface area contributed by atoms with E-state index in [-0.39, 0.29) is 0 Å². The lowest BCUT2D eigenvalue weighted by Crippen LogP contribution is -2.54. The summed E-state index contributed by atoms with van der Waals surface area (Å²) in [7, 11) is 0. The Labute approximate surface area is 110 Å². The molecule has 2 aliphatic rings. The van der Waals surface area contributed by atoms with Crippen molar-refractivity contribution in [2.24, 2.45) is 5.92 Å². The maximum Gasteiger partial charge on any atom is 0.0108 e. The fraction of sp³-hybridized carbons (Fsp3) is 0.625. The van der Waals surface area contributed by atoms with Crippen LogP contribution in [0.3, 0.4) is 0 Å². The number of likely N-dealkylation sites (tertiary alicyclic amines) is 1. The number of nitrogens with zero attached hydrogens (tertiary/aromatic N) is 1. The van der Waals surface area contributed by atoms with Gasteiger partial charge in [0.05, 0.1) is 0 Å². The van der Waals surface area contributed by atoms with E-state index in [4.69, 9.17) is 0 Å². The Bertz CT molecular complexity index is 364. The first-order valence-electron chi connectivity index (χ1n) is 7.34. The Kier molecular flexibility index (Phi) is 3.67. The van der Waals surface area contributed by atoms with Gasteiger partial charge in [0.2, 0.25) is 0 Å². The summed E-state index contributed by atoms with van der Waals surface area (Å²) in [6, 6.07) is 11.7. The molecule has 0 saturated carbocycles. The molecule has 2 saturated heterocycles. The standard InChI is InChI=1S/C16H24N2/c1-13(15-8-5-9-17-10-15)18-11-16(12-18)14-6-3-2-4-7-14/h2-4,6-7,13,15-17H,5,8-12H2,1H3. The highest BCUT2D eigenvalue weighted by Gasteiger charge is 2.34. The molecule has 2 atom stereocenters. The van der Waals surface area contributed by atoms with Crippen LogP contribution in [0.5, 0.6) is 0 Å². The average Bonchev–Trinajstić information content (AvgIpc) is 2.39. The number of benzene rings is 1. The van der Waals surface area contributed by atoms with Gasteiger partial charge in [-0.15, -0.1) is 0 Å². The summed E-state index contributed by atoms with van der Waals surface area (Å²) in [4.78, 5) is 2.66. The second kappa shape index (κ2) is 5.41. The fourth-order valence-corrected chi connectivity index (χ4v) is 3.37. The molecule has 2 aliphatic heterocycles. The Hall–Kier alpha value is -0.860. The fourth-order valence-electron chi connectivity index (χ4n) is 3.37. The first-order valence-corrected chi connectivity index (χ1v) is 7.34. The molecule has 0 bridgehead atoms. The highest BCUT2D eigenvalue weighted by atomic mass is 15.2. The maximum atomic E-state index is 3.54. The van der Waals surface area contributed by atoms with Crippen molar-refractivity contribution >= 4 is 0 Å². The lowest BCUT2D eigenvalue weighted by molar-refractivity contribution is 0.0585. The van der Waals surface area contributed by atoms with Gasteiger partial charge in [-0.3, -0.25) is 4.90 Å². The molecule has 1 aromatic carbocycles. The lowest BCUT2D eigenvalue weighted by atomic mass is 9.85. The van der Waals surface area contributed by atoms with Crippen LogP contribution in [-0.4, -0.2) is 37.1 Å². The van der Waals surface area contributed by atoms with E-state index >= 15 is 0 Å². The van der Waals surface area contributed by atoms with Gasteiger partial charge in [-0.1, -0.05) is 30.3 Å². The molecule has 1 N–H and O–H groups in total. The topological polar surface area (TPSA) is 15.3 Å². The van der Waals surface area contributed by atoms with Gasteiger partial charge in [-0.25, -0.2) is 0 Å². The van der Waals surface area contributed by atoms with Gasteiger partial charge >= 0.3 is 0 Å². The summed E-state index contributed by atoms with van der Waals surface area (Å²) in [6.07, 6.45) is 2.76. The van der Waals surface area contributed by atoms with Crippen LogP contribution in [0.4, 0.5) is 0 Å². The van der Waals surface area contributed by atoms with Crippen LogP contribution in [0, 0.1) is 5.92 Å². The first kappa shape index (κ1) is 12.2. The van der Waals surface area contributed by atoms with E-state index in [0.717, 1.165) is 17.9 Å². The molecule has 98 valence electrons. The van der Waals surface area contributed by atoms with E-state index < -0.39 is 0 Å². The third-order valence-corrected chi connectivity index (χ3v) is 4.77. The third kappa shape index (κ3) is 2.45. The highest BCUT2D eigenvalue weighted by molar-refractivity contribution is 5.22. The van der Waals surface area contributed by atoms with Crippen molar-refractivity contribution < 1.29 is 0 Å². The van der Waals surface area contributed by atoms with Gasteiger partial charge in [0.1, 0.15) is 0 Å². The Morgan fingerprint density at radius 3 is 2.67 bits per heavy atom. The molecule has 0 amide bonds. The van der Waals surface area contributed by atoms with Crippen LogP contribution >= 0.6 is 0 Å². The van der Waals surface area contributed by atoms with Gasteiger partial charge in [0, 0.05) is 25.0 Å². The predicted molar refractivity (Wildman–Crippen MR) is 75.8 cm³/mol. The van der Waals surface area contributed by atoms with E-state index in [2.05, 4.69) is 47.5 Å². The van der Waals surface area contributed by atoms with E-state index in [0.29, 0.717) is 0 Å². The summed E-state index contributed by atoms with van der Waals surface area (Å²) in [5.41, 5.74) is 1.52. The van der Waals surface area contributed by atoms with E-state index in [1.54, 1.807) is 0 Å². The van der Waals surface area contributed by atoms with Crippen molar-refractivity contribution in [2.75, 3.05) is 26.2 Å². The molecule has 2 unspecified atom stereocenters. The molecule has 18 heavy (non-hydrogen) atoms. The zero-order valence-electron chi connectivity index (χ0n) is 11.3. The van der Waals surface area contributed by atoms with Crippen LogP contribution in [0.1, 0.15) is 31.2 Å². The SMILES string of the molecule is CC(C1CCCNC1)N1CC(c2ccccc2)C1. The molecule has 0 aliphatic carbocycles. The Morgan fingerprint density at radius 2 is 2.00 bits per heavy atom. The minimum atomic E-state index is 0.748. The van der Waals surface area contributed by atoms with E-state index in [1.165, 1.54) is 44.6 Å². The van der Waals surface area contributed by atoms with Crippen molar-refractivity contribution in [1.82, 2.24) is 10.2 Å². The van der Waals surface area contributed by atoms with Gasteiger partial charge < -0.3 is 5.32 Å². The molecule has 2 fully saturated rings. The minimum Gasteiger partial charge on any atom is -0.316 e. The molecule has 0 aromatic heterocycles. The van der Waals surface area contributed by atoms with Crippen molar-refractivity contribution in [3.05, 3.63) is 35.9 Å². The highest BCUT2D eigenvalue weighted by Crippen LogP contribution is 2.31. The van der Waals surface area contributed by atoms with Crippen molar-refractivity contribution in [3.8, 4) is 0 Å². The quantitative estimate of drug-likeness (QED) is 0.879. The van der Waals surface area contributed by atoms with Crippen molar-refractivity contribution in [2.45, 2.75) is 31.7 Å². The third-order valence-electron chi connectivity index (χ3n) is 4.77. The normalized spacial score (nSPS) is 27.7. The monoisotopic (exact) mass is 244 g/mol. The number of hydrogen-bond acceptors (Lipinski definition) is 2. The number of hydrogen-bond donors (Lipinski definition) is 1. The Balaban J connectivity index is 1.52. The zero-order valence-corrected chi connectivity index (χ0v) is 11.3. The summed E-state index contributed by atoms with van der Waals surface area (Å²) < 4.78 is 0. The van der Waals surface area contributed by atoms with Crippen LogP contribution in [0.25, 0.3) is 0 Å².